The third-order valence-corrected chi connectivity index (χ3v) is 2.05. The number of nitrogens with two attached hydrogens (primary N) is 1. The molecule has 0 aromatic rings. The second-order valence-electron chi connectivity index (χ2n) is 3.79. The van der Waals surface area contributed by atoms with Crippen molar-refractivity contribution in [3.05, 3.63) is 0 Å². The van der Waals surface area contributed by atoms with Crippen molar-refractivity contribution in [3.63, 3.8) is 0 Å². The molecule has 0 aromatic heterocycles. The monoisotopic (exact) mass is 202 g/mol. The third kappa shape index (κ3) is 5.94. The summed E-state index contributed by atoms with van der Waals surface area (Å²) in [5, 5.41) is 2.80. The molecule has 0 spiro atoms. The van der Waals surface area contributed by atoms with Gasteiger partial charge in [0.15, 0.2) is 0 Å². The van der Waals surface area contributed by atoms with Crippen molar-refractivity contribution < 1.29 is 9.53 Å². The molecule has 84 valence electrons. The van der Waals surface area contributed by atoms with Crippen molar-refractivity contribution in [2.45, 2.75) is 32.8 Å². The smallest absolute Gasteiger partial charge is 0.250 e. The van der Waals surface area contributed by atoms with Gasteiger partial charge in [0.25, 0.3) is 0 Å². The number of hydrogen-bond donors (Lipinski definition) is 2. The Morgan fingerprint density at radius 2 is 2.14 bits per heavy atom. The Kier molecular flexibility index (Phi) is 7.42. The SMILES string of the molecule is COC(CN)C(=O)NCCCC(C)C. The van der Waals surface area contributed by atoms with Gasteiger partial charge >= 0.3 is 0 Å². The molecule has 0 saturated carbocycles. The summed E-state index contributed by atoms with van der Waals surface area (Å²) in [6.07, 6.45) is 1.62. The van der Waals surface area contributed by atoms with Crippen molar-refractivity contribution in [1.29, 1.82) is 0 Å². The normalized spacial score (nSPS) is 12.9. The van der Waals surface area contributed by atoms with E-state index in [9.17, 15) is 4.79 Å². The molecule has 0 fully saturated rings. The standard InChI is InChI=1S/C10H22N2O2/c1-8(2)5-4-6-12-10(13)9(7-11)14-3/h8-9H,4-7,11H2,1-3H3,(H,12,13). The Labute approximate surface area is 86.2 Å². The second-order valence-corrected chi connectivity index (χ2v) is 3.79. The fraction of sp³-hybridized carbons (Fsp3) is 0.900. The van der Waals surface area contributed by atoms with Crippen LogP contribution in [-0.2, 0) is 9.53 Å². The van der Waals surface area contributed by atoms with Gasteiger partial charge in [-0.15, -0.1) is 0 Å². The molecule has 0 aliphatic heterocycles. The number of rotatable bonds is 7. The highest BCUT2D eigenvalue weighted by Crippen LogP contribution is 2.01. The van der Waals surface area contributed by atoms with E-state index in [0.29, 0.717) is 12.5 Å². The lowest BCUT2D eigenvalue weighted by Crippen LogP contribution is -2.40. The summed E-state index contributed by atoms with van der Waals surface area (Å²) in [5.74, 6) is 0.568. The van der Waals surface area contributed by atoms with E-state index in [1.165, 1.54) is 7.11 Å². The van der Waals surface area contributed by atoms with Crippen LogP contribution in [0.1, 0.15) is 26.7 Å². The van der Waals surface area contributed by atoms with E-state index in [-0.39, 0.29) is 12.5 Å². The van der Waals surface area contributed by atoms with Gasteiger partial charge < -0.3 is 15.8 Å². The fourth-order valence-electron chi connectivity index (χ4n) is 1.15. The Morgan fingerprint density at radius 1 is 1.50 bits per heavy atom. The van der Waals surface area contributed by atoms with Gasteiger partial charge in [-0.3, -0.25) is 4.79 Å². The maximum atomic E-state index is 11.3. The molecule has 0 radical (unpaired) electrons. The van der Waals surface area contributed by atoms with E-state index in [4.69, 9.17) is 10.5 Å². The first-order chi connectivity index (χ1) is 6.61. The molecule has 0 bridgehead atoms. The zero-order chi connectivity index (χ0) is 11.0. The average molecular weight is 202 g/mol. The molecule has 1 unspecified atom stereocenters. The molecule has 0 aliphatic rings. The Hall–Kier alpha value is -0.610. The van der Waals surface area contributed by atoms with Gasteiger partial charge in [-0.25, -0.2) is 0 Å². The van der Waals surface area contributed by atoms with Crippen LogP contribution in [0.25, 0.3) is 0 Å². The highest BCUT2D eigenvalue weighted by molar-refractivity contribution is 5.80. The number of nitrogens with one attached hydrogen (secondary N) is 1. The Morgan fingerprint density at radius 3 is 2.57 bits per heavy atom. The first kappa shape index (κ1) is 13.4. The van der Waals surface area contributed by atoms with Crippen LogP contribution in [0.15, 0.2) is 0 Å². The van der Waals surface area contributed by atoms with Crippen LogP contribution in [0.5, 0.6) is 0 Å². The minimum absolute atomic E-state index is 0.112. The fourth-order valence-corrected chi connectivity index (χ4v) is 1.15. The summed E-state index contributed by atoms with van der Waals surface area (Å²) in [6, 6.07) is 0. The predicted octanol–water partition coefficient (Wildman–Crippen LogP) is 0.513. The first-order valence-electron chi connectivity index (χ1n) is 5.12. The summed E-state index contributed by atoms with van der Waals surface area (Å²) in [7, 11) is 1.49. The summed E-state index contributed by atoms with van der Waals surface area (Å²) >= 11 is 0. The largest absolute Gasteiger partial charge is 0.370 e. The number of carbonyl (C=O) groups excluding carboxylic acids is 1. The topological polar surface area (TPSA) is 64.3 Å². The van der Waals surface area contributed by atoms with E-state index in [1.54, 1.807) is 0 Å². The molecule has 0 heterocycles. The maximum absolute atomic E-state index is 11.3. The van der Waals surface area contributed by atoms with E-state index in [2.05, 4.69) is 19.2 Å². The molecule has 1 amide bonds. The molecular formula is C10H22N2O2. The Bertz CT molecular complexity index is 156. The Balaban J connectivity index is 3.52. The number of ether oxygens (including phenoxy) is 1. The highest BCUT2D eigenvalue weighted by atomic mass is 16.5. The second kappa shape index (κ2) is 7.76. The molecule has 1 atom stereocenters. The molecule has 0 aromatic carbocycles. The predicted molar refractivity (Wildman–Crippen MR) is 56.9 cm³/mol. The summed E-state index contributed by atoms with van der Waals surface area (Å²) in [6.45, 7) is 5.27. The molecular weight excluding hydrogens is 180 g/mol. The van der Waals surface area contributed by atoms with Crippen LogP contribution in [0.4, 0.5) is 0 Å². The van der Waals surface area contributed by atoms with Crippen LogP contribution >= 0.6 is 0 Å². The van der Waals surface area contributed by atoms with Crippen LogP contribution in [0.3, 0.4) is 0 Å². The summed E-state index contributed by atoms with van der Waals surface area (Å²) in [5.41, 5.74) is 5.35. The van der Waals surface area contributed by atoms with E-state index in [0.717, 1.165) is 12.8 Å². The van der Waals surface area contributed by atoms with Gasteiger partial charge in [0.2, 0.25) is 5.91 Å². The van der Waals surface area contributed by atoms with Crippen molar-refractivity contribution >= 4 is 5.91 Å². The number of carbonyl (C=O) groups is 1. The van der Waals surface area contributed by atoms with Crippen molar-refractivity contribution in [3.8, 4) is 0 Å². The average Bonchev–Trinajstić information content (AvgIpc) is 2.14. The minimum Gasteiger partial charge on any atom is -0.370 e. The lowest BCUT2D eigenvalue weighted by molar-refractivity contribution is -0.130. The van der Waals surface area contributed by atoms with Crippen molar-refractivity contribution in [2.75, 3.05) is 20.2 Å². The number of methoxy groups -OCH3 is 1. The van der Waals surface area contributed by atoms with Gasteiger partial charge in [0.1, 0.15) is 6.10 Å². The minimum atomic E-state index is -0.506. The zero-order valence-corrected chi connectivity index (χ0v) is 9.38. The summed E-state index contributed by atoms with van der Waals surface area (Å²) < 4.78 is 4.90. The van der Waals surface area contributed by atoms with Gasteiger partial charge in [-0.05, 0) is 18.8 Å². The van der Waals surface area contributed by atoms with Crippen LogP contribution in [0, 0.1) is 5.92 Å². The quantitative estimate of drug-likeness (QED) is 0.591. The van der Waals surface area contributed by atoms with E-state index in [1.807, 2.05) is 0 Å². The number of amides is 1. The van der Waals surface area contributed by atoms with Gasteiger partial charge in [-0.1, -0.05) is 13.8 Å². The van der Waals surface area contributed by atoms with Gasteiger partial charge in [-0.2, -0.15) is 0 Å². The van der Waals surface area contributed by atoms with Crippen LogP contribution in [-0.4, -0.2) is 32.2 Å². The van der Waals surface area contributed by atoms with E-state index < -0.39 is 6.10 Å². The summed E-state index contributed by atoms with van der Waals surface area (Å²) in [4.78, 5) is 11.3. The third-order valence-electron chi connectivity index (χ3n) is 2.05. The van der Waals surface area contributed by atoms with E-state index >= 15 is 0 Å². The molecule has 0 rings (SSSR count). The molecule has 0 aliphatic carbocycles. The van der Waals surface area contributed by atoms with Gasteiger partial charge in [0.05, 0.1) is 0 Å². The zero-order valence-electron chi connectivity index (χ0n) is 9.38. The molecule has 3 N–H and O–H groups in total. The molecule has 4 nitrogen and oxygen atoms in total. The lowest BCUT2D eigenvalue weighted by atomic mass is 10.1. The van der Waals surface area contributed by atoms with Crippen LogP contribution in [0.2, 0.25) is 0 Å². The maximum Gasteiger partial charge on any atom is 0.250 e. The van der Waals surface area contributed by atoms with Crippen molar-refractivity contribution in [1.82, 2.24) is 5.32 Å². The van der Waals surface area contributed by atoms with Crippen LogP contribution < -0.4 is 11.1 Å². The van der Waals surface area contributed by atoms with Crippen molar-refractivity contribution in [2.24, 2.45) is 11.7 Å². The van der Waals surface area contributed by atoms with Gasteiger partial charge in [0, 0.05) is 20.2 Å². The lowest BCUT2D eigenvalue weighted by Gasteiger charge is -2.13. The highest BCUT2D eigenvalue weighted by Gasteiger charge is 2.14. The molecule has 0 saturated heterocycles. The molecule has 14 heavy (non-hydrogen) atoms. The first-order valence-corrected chi connectivity index (χ1v) is 5.12. The number of hydrogen-bond acceptors (Lipinski definition) is 3. The molecule has 4 heteroatoms.